The molecule has 0 amide bonds. The van der Waals surface area contributed by atoms with Gasteiger partial charge in [-0.05, 0) is 24.6 Å². The van der Waals surface area contributed by atoms with Crippen LogP contribution < -0.4 is 5.73 Å². The second kappa shape index (κ2) is 5.07. The molecule has 0 radical (unpaired) electrons. The van der Waals surface area contributed by atoms with Gasteiger partial charge in [-0.25, -0.2) is 4.98 Å². The molecule has 0 saturated heterocycles. The summed E-state index contributed by atoms with van der Waals surface area (Å²) >= 11 is 0. The van der Waals surface area contributed by atoms with Gasteiger partial charge >= 0.3 is 6.18 Å². The Kier molecular flexibility index (Phi) is 3.36. The third kappa shape index (κ3) is 3.02. The molecule has 0 aliphatic carbocycles. The van der Waals surface area contributed by atoms with E-state index >= 15 is 0 Å². The average molecular weight is 297 g/mol. The van der Waals surface area contributed by atoms with E-state index in [1.807, 2.05) is 4.90 Å². The van der Waals surface area contributed by atoms with Crippen molar-refractivity contribution in [2.24, 2.45) is 0 Å². The van der Waals surface area contributed by atoms with Crippen LogP contribution in [-0.2, 0) is 6.54 Å². The van der Waals surface area contributed by atoms with E-state index in [0.29, 0.717) is 35.8 Å². The molecule has 1 aliphatic heterocycles. The Bertz CT molecular complexity index is 690. The van der Waals surface area contributed by atoms with Gasteiger partial charge in [0, 0.05) is 24.4 Å². The molecule has 2 N–H and O–H groups in total. The summed E-state index contributed by atoms with van der Waals surface area (Å²) in [4.78, 5) is 6.17. The van der Waals surface area contributed by atoms with Crippen LogP contribution in [0.15, 0.2) is 34.3 Å². The van der Waals surface area contributed by atoms with Gasteiger partial charge in [0.1, 0.15) is 5.52 Å². The summed E-state index contributed by atoms with van der Waals surface area (Å²) < 4.78 is 43.2. The van der Waals surface area contributed by atoms with Crippen molar-refractivity contribution in [3.05, 3.63) is 35.7 Å². The van der Waals surface area contributed by atoms with Crippen LogP contribution in [0.4, 0.5) is 18.9 Å². The van der Waals surface area contributed by atoms with E-state index < -0.39 is 11.7 Å². The minimum atomic E-state index is -4.22. The van der Waals surface area contributed by atoms with Crippen LogP contribution in [0.5, 0.6) is 0 Å². The summed E-state index contributed by atoms with van der Waals surface area (Å²) in [5, 5.41) is 0. The maximum atomic E-state index is 12.5. The molecule has 0 unspecified atom stereocenters. The Morgan fingerprint density at radius 3 is 2.81 bits per heavy atom. The fourth-order valence-corrected chi connectivity index (χ4v) is 2.36. The summed E-state index contributed by atoms with van der Waals surface area (Å²) in [6, 6.07) is 5.16. The minimum Gasteiger partial charge on any atom is -0.439 e. The first-order valence-corrected chi connectivity index (χ1v) is 6.55. The predicted octanol–water partition coefficient (Wildman–Crippen LogP) is 3.10. The normalized spacial score (nSPS) is 17.2. The van der Waals surface area contributed by atoms with Gasteiger partial charge in [0.2, 0.25) is 5.89 Å². The highest BCUT2D eigenvalue weighted by atomic mass is 19.4. The molecule has 2 aromatic rings. The van der Waals surface area contributed by atoms with Crippen LogP contribution in [0.25, 0.3) is 11.1 Å². The fraction of sp³-hybridized carbons (Fsp3) is 0.357. The number of benzene rings is 1. The number of alkyl halides is 3. The van der Waals surface area contributed by atoms with Gasteiger partial charge in [0.25, 0.3) is 0 Å². The van der Waals surface area contributed by atoms with Gasteiger partial charge < -0.3 is 10.2 Å². The molecule has 3 rings (SSSR count). The Morgan fingerprint density at radius 2 is 2.14 bits per heavy atom. The van der Waals surface area contributed by atoms with Gasteiger partial charge in [0.15, 0.2) is 5.58 Å². The zero-order chi connectivity index (χ0) is 15.0. The van der Waals surface area contributed by atoms with E-state index in [1.54, 1.807) is 18.2 Å². The highest BCUT2D eigenvalue weighted by Crippen LogP contribution is 2.30. The molecule has 7 heteroatoms. The molecule has 0 fully saturated rings. The van der Waals surface area contributed by atoms with E-state index in [4.69, 9.17) is 10.2 Å². The summed E-state index contributed by atoms with van der Waals surface area (Å²) in [5.41, 5.74) is 7.10. The third-order valence-corrected chi connectivity index (χ3v) is 3.47. The number of anilines is 1. The number of halogens is 3. The lowest BCUT2D eigenvalue weighted by Gasteiger charge is -2.25. The lowest BCUT2D eigenvalue weighted by Crippen LogP contribution is -2.31. The Hall–Kier alpha value is -2.02. The van der Waals surface area contributed by atoms with Gasteiger partial charge in [-0.3, -0.25) is 4.90 Å². The van der Waals surface area contributed by atoms with Crippen molar-refractivity contribution in [1.29, 1.82) is 0 Å². The van der Waals surface area contributed by atoms with Crippen molar-refractivity contribution >= 4 is 16.8 Å². The van der Waals surface area contributed by atoms with Crippen LogP contribution in [0.3, 0.4) is 0 Å². The minimum absolute atomic E-state index is 0.00330. The lowest BCUT2D eigenvalue weighted by atomic mass is 10.1. The zero-order valence-corrected chi connectivity index (χ0v) is 11.2. The van der Waals surface area contributed by atoms with E-state index in [9.17, 15) is 13.2 Å². The topological polar surface area (TPSA) is 55.3 Å². The number of rotatable bonds is 2. The molecule has 0 spiro atoms. The van der Waals surface area contributed by atoms with Crippen molar-refractivity contribution in [2.45, 2.75) is 19.1 Å². The summed E-state index contributed by atoms with van der Waals surface area (Å²) in [5.74, 6) is 0.486. The monoisotopic (exact) mass is 297 g/mol. The van der Waals surface area contributed by atoms with Gasteiger partial charge in [-0.15, -0.1) is 0 Å². The number of oxazole rings is 1. The standard InChI is InChI=1S/C14H14F3N3O/c15-14(16,17)9-3-5-20(6-4-9)8-13-19-11-7-10(18)1-2-12(11)21-13/h1-3,7H,4-6,8,18H2. The van der Waals surface area contributed by atoms with Gasteiger partial charge in [-0.1, -0.05) is 6.08 Å². The first-order chi connectivity index (χ1) is 9.91. The van der Waals surface area contributed by atoms with Crippen LogP contribution in [0.1, 0.15) is 12.3 Å². The van der Waals surface area contributed by atoms with E-state index in [2.05, 4.69) is 4.98 Å². The number of hydrogen-bond acceptors (Lipinski definition) is 4. The first-order valence-electron chi connectivity index (χ1n) is 6.55. The van der Waals surface area contributed by atoms with E-state index in [0.717, 1.165) is 0 Å². The number of nitrogens with zero attached hydrogens (tertiary/aromatic N) is 2. The summed E-state index contributed by atoms with van der Waals surface area (Å²) in [7, 11) is 0. The molecule has 1 aromatic carbocycles. The number of nitrogens with two attached hydrogens (primary N) is 1. The Morgan fingerprint density at radius 1 is 1.33 bits per heavy atom. The quantitative estimate of drug-likeness (QED) is 0.683. The second-order valence-corrected chi connectivity index (χ2v) is 5.05. The second-order valence-electron chi connectivity index (χ2n) is 5.05. The van der Waals surface area contributed by atoms with Gasteiger partial charge in [-0.2, -0.15) is 13.2 Å². The highest BCUT2D eigenvalue weighted by molar-refractivity contribution is 5.76. The molecule has 0 saturated carbocycles. The zero-order valence-electron chi connectivity index (χ0n) is 11.2. The molecule has 21 heavy (non-hydrogen) atoms. The molecular formula is C14H14F3N3O. The smallest absolute Gasteiger partial charge is 0.412 e. The predicted molar refractivity (Wildman–Crippen MR) is 72.5 cm³/mol. The number of aromatic nitrogens is 1. The van der Waals surface area contributed by atoms with Crippen molar-refractivity contribution in [3.63, 3.8) is 0 Å². The maximum Gasteiger partial charge on any atom is 0.412 e. The van der Waals surface area contributed by atoms with Crippen molar-refractivity contribution in [1.82, 2.24) is 9.88 Å². The molecule has 4 nitrogen and oxygen atoms in total. The highest BCUT2D eigenvalue weighted by Gasteiger charge is 2.34. The van der Waals surface area contributed by atoms with E-state index in [-0.39, 0.29) is 13.0 Å². The van der Waals surface area contributed by atoms with E-state index in [1.165, 1.54) is 6.08 Å². The largest absolute Gasteiger partial charge is 0.439 e. The summed E-state index contributed by atoms with van der Waals surface area (Å²) in [6.07, 6.45) is -3.00. The molecular weight excluding hydrogens is 283 g/mol. The molecule has 112 valence electrons. The van der Waals surface area contributed by atoms with Crippen molar-refractivity contribution in [3.8, 4) is 0 Å². The molecule has 0 atom stereocenters. The maximum absolute atomic E-state index is 12.5. The lowest BCUT2D eigenvalue weighted by molar-refractivity contribution is -0.0961. The molecule has 1 aromatic heterocycles. The Balaban J connectivity index is 1.71. The fourth-order valence-electron chi connectivity index (χ4n) is 2.36. The molecule has 1 aliphatic rings. The van der Waals surface area contributed by atoms with Gasteiger partial charge in [0.05, 0.1) is 6.54 Å². The van der Waals surface area contributed by atoms with Crippen molar-refractivity contribution in [2.75, 3.05) is 18.8 Å². The van der Waals surface area contributed by atoms with Crippen molar-refractivity contribution < 1.29 is 17.6 Å². The first kappa shape index (κ1) is 13.9. The van der Waals surface area contributed by atoms with Crippen LogP contribution >= 0.6 is 0 Å². The van der Waals surface area contributed by atoms with Crippen LogP contribution in [-0.4, -0.2) is 29.1 Å². The molecule has 0 bridgehead atoms. The summed E-state index contributed by atoms with van der Waals surface area (Å²) in [6.45, 7) is 0.970. The molecule has 2 heterocycles. The Labute approximate surface area is 119 Å². The number of hydrogen-bond donors (Lipinski definition) is 1. The average Bonchev–Trinajstić information content (AvgIpc) is 2.79. The SMILES string of the molecule is Nc1ccc2oc(CN3CC=C(C(F)(F)F)CC3)nc2c1. The third-order valence-electron chi connectivity index (χ3n) is 3.47. The number of nitrogen functional groups attached to an aromatic ring is 1. The number of fused-ring (bicyclic) bond motifs is 1. The van der Waals surface area contributed by atoms with Crippen LogP contribution in [0.2, 0.25) is 0 Å². The van der Waals surface area contributed by atoms with Crippen LogP contribution in [0, 0.1) is 0 Å².